The summed E-state index contributed by atoms with van der Waals surface area (Å²) in [6, 6.07) is 10.4. The molecule has 0 aliphatic carbocycles. The Balaban J connectivity index is 3.00. The van der Waals surface area contributed by atoms with E-state index in [1.165, 1.54) is 4.90 Å². The van der Waals surface area contributed by atoms with Crippen molar-refractivity contribution < 1.29 is 0 Å². The largest absolute Gasteiger partial charge is 0.197 e. The second kappa shape index (κ2) is 3.85. The Morgan fingerprint density at radius 2 is 1.77 bits per heavy atom. The Morgan fingerprint density at radius 3 is 2.15 bits per heavy atom. The first kappa shape index (κ1) is 10.1. The third kappa shape index (κ3) is 2.26. The minimum absolute atomic E-state index is 0.378. The van der Waals surface area contributed by atoms with E-state index in [9.17, 15) is 0 Å². The van der Waals surface area contributed by atoms with Gasteiger partial charge in [0.1, 0.15) is 0 Å². The van der Waals surface area contributed by atoms with Gasteiger partial charge in [-0.1, -0.05) is 12.1 Å². The molecule has 0 N–H and O–H groups in total. The number of benzene rings is 1. The lowest BCUT2D eigenvalue weighted by Gasteiger charge is -2.15. The maximum atomic E-state index is 8.92. The molecule has 0 aromatic heterocycles. The maximum absolute atomic E-state index is 8.92. The molecule has 0 atom stereocenters. The topological polar surface area (TPSA) is 23.8 Å². The van der Waals surface area contributed by atoms with Gasteiger partial charge in [0.2, 0.25) is 0 Å². The maximum Gasteiger partial charge on any atom is 0.0766 e. The zero-order chi connectivity index (χ0) is 9.90. The van der Waals surface area contributed by atoms with Crippen LogP contribution >= 0.6 is 11.8 Å². The molecule has 0 aliphatic rings. The second-order valence-electron chi connectivity index (χ2n) is 3.47. The summed E-state index contributed by atoms with van der Waals surface area (Å²) in [7, 11) is 0. The molecule has 1 aromatic rings. The van der Waals surface area contributed by atoms with E-state index in [0.29, 0.717) is 0 Å². The van der Waals surface area contributed by atoms with Gasteiger partial charge in [-0.05, 0) is 37.8 Å². The van der Waals surface area contributed by atoms with E-state index >= 15 is 0 Å². The molecule has 0 spiro atoms. The van der Waals surface area contributed by atoms with E-state index in [1.807, 2.05) is 32.2 Å². The normalized spacial score (nSPS) is 10.9. The van der Waals surface area contributed by atoms with E-state index in [4.69, 9.17) is 5.26 Å². The summed E-state index contributed by atoms with van der Waals surface area (Å²) in [6.45, 7) is 3.86. The van der Waals surface area contributed by atoms with Crippen LogP contribution in [-0.2, 0) is 5.41 Å². The van der Waals surface area contributed by atoms with Crippen molar-refractivity contribution in [2.24, 2.45) is 0 Å². The summed E-state index contributed by atoms with van der Waals surface area (Å²) in [5.74, 6) is 0. The van der Waals surface area contributed by atoms with Crippen LogP contribution in [0.4, 0.5) is 0 Å². The van der Waals surface area contributed by atoms with Gasteiger partial charge in [-0.15, -0.1) is 11.8 Å². The average Bonchev–Trinajstić information content (AvgIpc) is 2.18. The molecule has 2 heteroatoms. The van der Waals surface area contributed by atoms with Crippen LogP contribution in [-0.4, -0.2) is 6.26 Å². The van der Waals surface area contributed by atoms with Gasteiger partial charge < -0.3 is 0 Å². The van der Waals surface area contributed by atoms with Gasteiger partial charge in [0, 0.05) is 4.90 Å². The third-order valence-electron chi connectivity index (χ3n) is 2.09. The van der Waals surface area contributed by atoms with E-state index in [-0.39, 0.29) is 5.41 Å². The molecular weight excluding hydrogens is 178 g/mol. The number of thioether (sulfide) groups is 1. The van der Waals surface area contributed by atoms with E-state index in [1.54, 1.807) is 11.8 Å². The van der Waals surface area contributed by atoms with Gasteiger partial charge >= 0.3 is 0 Å². The number of rotatable bonds is 2. The Labute approximate surface area is 83.8 Å². The Bertz CT molecular complexity index is 319. The molecule has 0 unspecified atom stereocenters. The van der Waals surface area contributed by atoms with Crippen LogP contribution in [0.2, 0.25) is 0 Å². The van der Waals surface area contributed by atoms with E-state index < -0.39 is 0 Å². The monoisotopic (exact) mass is 191 g/mol. The van der Waals surface area contributed by atoms with Crippen molar-refractivity contribution in [3.63, 3.8) is 0 Å². The SMILES string of the molecule is CSc1ccc(C(C)(C)C#N)cc1. The molecule has 0 saturated heterocycles. The van der Waals surface area contributed by atoms with Crippen LogP contribution < -0.4 is 0 Å². The number of nitriles is 1. The highest BCUT2D eigenvalue weighted by Crippen LogP contribution is 2.24. The highest BCUT2D eigenvalue weighted by Gasteiger charge is 2.18. The van der Waals surface area contributed by atoms with Crippen molar-refractivity contribution in [3.8, 4) is 6.07 Å². The first-order valence-corrected chi connectivity index (χ1v) is 5.38. The van der Waals surface area contributed by atoms with Gasteiger partial charge in [-0.2, -0.15) is 5.26 Å². The summed E-state index contributed by atoms with van der Waals surface area (Å²) in [5, 5.41) is 8.92. The molecule has 0 saturated carbocycles. The highest BCUT2D eigenvalue weighted by atomic mass is 32.2. The van der Waals surface area contributed by atoms with Crippen LogP contribution in [0.5, 0.6) is 0 Å². The van der Waals surface area contributed by atoms with Crippen molar-refractivity contribution in [3.05, 3.63) is 29.8 Å². The standard InChI is InChI=1S/C11H13NS/c1-11(2,8-12)9-4-6-10(13-3)7-5-9/h4-7H,1-3H3. The van der Waals surface area contributed by atoms with Crippen LogP contribution in [0, 0.1) is 11.3 Å². The molecule has 0 radical (unpaired) electrons. The lowest BCUT2D eigenvalue weighted by molar-refractivity contribution is 0.686. The second-order valence-corrected chi connectivity index (χ2v) is 4.34. The molecule has 0 fully saturated rings. The number of nitrogens with zero attached hydrogens (tertiary/aromatic N) is 1. The van der Waals surface area contributed by atoms with E-state index in [2.05, 4.69) is 18.2 Å². The fourth-order valence-electron chi connectivity index (χ4n) is 1.07. The zero-order valence-electron chi connectivity index (χ0n) is 8.16. The first-order valence-electron chi connectivity index (χ1n) is 4.16. The van der Waals surface area contributed by atoms with Crippen LogP contribution in [0.15, 0.2) is 29.2 Å². The average molecular weight is 191 g/mol. The van der Waals surface area contributed by atoms with Crippen LogP contribution in [0.1, 0.15) is 19.4 Å². The smallest absolute Gasteiger partial charge is 0.0766 e. The molecule has 13 heavy (non-hydrogen) atoms. The quantitative estimate of drug-likeness (QED) is 0.670. The summed E-state index contributed by atoms with van der Waals surface area (Å²) < 4.78 is 0. The third-order valence-corrected chi connectivity index (χ3v) is 2.83. The molecular formula is C11H13NS. The minimum Gasteiger partial charge on any atom is -0.197 e. The Morgan fingerprint density at radius 1 is 1.23 bits per heavy atom. The van der Waals surface area contributed by atoms with Gasteiger partial charge in [0.05, 0.1) is 11.5 Å². The molecule has 0 bridgehead atoms. The van der Waals surface area contributed by atoms with E-state index in [0.717, 1.165) is 5.56 Å². The van der Waals surface area contributed by atoms with Crippen molar-refractivity contribution in [2.45, 2.75) is 24.2 Å². The summed E-state index contributed by atoms with van der Waals surface area (Å²) in [4.78, 5) is 1.23. The fourth-order valence-corrected chi connectivity index (χ4v) is 1.48. The summed E-state index contributed by atoms with van der Waals surface area (Å²) >= 11 is 1.71. The molecule has 1 aromatic carbocycles. The predicted molar refractivity (Wildman–Crippen MR) is 56.9 cm³/mol. The lowest BCUT2D eigenvalue weighted by atomic mass is 9.87. The van der Waals surface area contributed by atoms with Gasteiger partial charge in [0.15, 0.2) is 0 Å². The highest BCUT2D eigenvalue weighted by molar-refractivity contribution is 7.98. The minimum atomic E-state index is -0.378. The summed E-state index contributed by atoms with van der Waals surface area (Å²) in [6.07, 6.45) is 2.05. The molecule has 1 rings (SSSR count). The van der Waals surface area contributed by atoms with Crippen molar-refractivity contribution in [1.82, 2.24) is 0 Å². The number of hydrogen-bond donors (Lipinski definition) is 0. The Hall–Kier alpha value is -0.940. The summed E-state index contributed by atoms with van der Waals surface area (Å²) in [5.41, 5.74) is 0.699. The molecule has 0 amide bonds. The lowest BCUT2D eigenvalue weighted by Crippen LogP contribution is -2.13. The predicted octanol–water partition coefficient (Wildman–Crippen LogP) is 3.21. The number of hydrogen-bond acceptors (Lipinski definition) is 2. The molecule has 0 heterocycles. The van der Waals surface area contributed by atoms with Crippen molar-refractivity contribution in [1.29, 1.82) is 5.26 Å². The molecule has 1 nitrogen and oxygen atoms in total. The van der Waals surface area contributed by atoms with Gasteiger partial charge in [-0.3, -0.25) is 0 Å². The van der Waals surface area contributed by atoms with Crippen molar-refractivity contribution >= 4 is 11.8 Å². The van der Waals surface area contributed by atoms with Crippen LogP contribution in [0.25, 0.3) is 0 Å². The van der Waals surface area contributed by atoms with Gasteiger partial charge in [-0.25, -0.2) is 0 Å². The Kier molecular flexibility index (Phi) is 3.00. The van der Waals surface area contributed by atoms with Gasteiger partial charge in [0.25, 0.3) is 0 Å². The van der Waals surface area contributed by atoms with Crippen molar-refractivity contribution in [2.75, 3.05) is 6.26 Å². The fraction of sp³-hybridized carbons (Fsp3) is 0.364. The zero-order valence-corrected chi connectivity index (χ0v) is 8.98. The molecule has 68 valence electrons. The molecule has 0 aliphatic heterocycles. The first-order chi connectivity index (χ1) is 6.10. The van der Waals surface area contributed by atoms with Crippen LogP contribution in [0.3, 0.4) is 0 Å².